The number of aromatic nitrogens is 1. The van der Waals surface area contributed by atoms with Crippen LogP contribution in [0.4, 0.5) is 15.8 Å². The van der Waals surface area contributed by atoms with Gasteiger partial charge in [0.1, 0.15) is 0 Å². The van der Waals surface area contributed by atoms with Crippen LogP contribution < -0.4 is 10.2 Å². The average molecular weight is 404 g/mol. The zero-order chi connectivity index (χ0) is 21.1. The smallest absolute Gasteiger partial charge is 0.255 e. The van der Waals surface area contributed by atoms with Gasteiger partial charge < -0.3 is 15.1 Å². The van der Waals surface area contributed by atoms with Gasteiger partial charge in [-0.2, -0.15) is 4.39 Å². The molecule has 0 aliphatic carbocycles. The van der Waals surface area contributed by atoms with Crippen molar-refractivity contribution in [2.75, 3.05) is 37.4 Å². The summed E-state index contributed by atoms with van der Waals surface area (Å²) in [6.45, 7) is 2.07. The van der Waals surface area contributed by atoms with E-state index in [-0.39, 0.29) is 5.91 Å². The van der Waals surface area contributed by atoms with Gasteiger partial charge in [0.2, 0.25) is 5.95 Å². The molecule has 154 valence electrons. The second-order valence-electron chi connectivity index (χ2n) is 7.80. The molecule has 1 unspecified atom stereocenters. The molecule has 0 spiro atoms. The van der Waals surface area contributed by atoms with E-state index >= 15 is 0 Å². The standard InChI is InChI=1S/C24H25FN4O/c1-28(2)22-13-14-29(16-22)21-10-8-20(9-11-21)27-24(30)18-5-3-17(4-6-18)19-7-12-23(25)26-15-19/h3-12,15,22H,13-14,16H2,1-2H3,(H,27,30). The van der Waals surface area contributed by atoms with Gasteiger partial charge in [-0.25, -0.2) is 4.98 Å². The summed E-state index contributed by atoms with van der Waals surface area (Å²) >= 11 is 0. The van der Waals surface area contributed by atoms with Crippen LogP contribution in [0, 0.1) is 5.95 Å². The number of nitrogens with one attached hydrogen (secondary N) is 1. The van der Waals surface area contributed by atoms with Gasteiger partial charge in [-0.15, -0.1) is 0 Å². The highest BCUT2D eigenvalue weighted by Gasteiger charge is 2.23. The lowest BCUT2D eigenvalue weighted by Gasteiger charge is -2.22. The fourth-order valence-corrected chi connectivity index (χ4v) is 3.72. The van der Waals surface area contributed by atoms with Crippen molar-refractivity contribution in [2.45, 2.75) is 12.5 Å². The van der Waals surface area contributed by atoms with Gasteiger partial charge >= 0.3 is 0 Å². The first-order valence-corrected chi connectivity index (χ1v) is 10.0. The topological polar surface area (TPSA) is 48.5 Å². The largest absolute Gasteiger partial charge is 0.370 e. The average Bonchev–Trinajstić information content (AvgIpc) is 3.26. The number of hydrogen-bond acceptors (Lipinski definition) is 4. The Morgan fingerprint density at radius 2 is 1.73 bits per heavy atom. The number of rotatable bonds is 5. The Morgan fingerprint density at radius 3 is 2.33 bits per heavy atom. The molecule has 4 rings (SSSR count). The molecule has 1 aromatic heterocycles. The molecule has 0 radical (unpaired) electrons. The third-order valence-corrected chi connectivity index (χ3v) is 5.59. The minimum atomic E-state index is -0.511. The summed E-state index contributed by atoms with van der Waals surface area (Å²) in [4.78, 5) is 20.9. The number of carbonyl (C=O) groups excluding carboxylic acids is 1. The summed E-state index contributed by atoms with van der Waals surface area (Å²) in [6.07, 6.45) is 2.64. The van der Waals surface area contributed by atoms with E-state index in [1.807, 2.05) is 24.3 Å². The van der Waals surface area contributed by atoms with E-state index in [0.717, 1.165) is 36.3 Å². The van der Waals surface area contributed by atoms with E-state index in [1.165, 1.54) is 18.0 Å². The van der Waals surface area contributed by atoms with E-state index < -0.39 is 5.95 Å². The number of carbonyl (C=O) groups is 1. The van der Waals surface area contributed by atoms with Crippen molar-refractivity contribution in [3.63, 3.8) is 0 Å². The van der Waals surface area contributed by atoms with E-state index in [0.29, 0.717) is 11.6 Å². The van der Waals surface area contributed by atoms with E-state index in [1.54, 1.807) is 18.2 Å². The van der Waals surface area contributed by atoms with Gasteiger partial charge in [-0.3, -0.25) is 4.79 Å². The Hall–Kier alpha value is -3.25. The minimum Gasteiger partial charge on any atom is -0.370 e. The molecule has 1 fully saturated rings. The highest BCUT2D eigenvalue weighted by atomic mass is 19.1. The normalized spacial score (nSPS) is 16.1. The fourth-order valence-electron chi connectivity index (χ4n) is 3.72. The maximum atomic E-state index is 13.0. The summed E-state index contributed by atoms with van der Waals surface area (Å²) in [7, 11) is 4.24. The summed E-state index contributed by atoms with van der Waals surface area (Å²) in [5.74, 6) is -0.677. The molecule has 2 aromatic carbocycles. The first-order valence-electron chi connectivity index (χ1n) is 10.0. The van der Waals surface area contributed by atoms with Crippen LogP contribution in [-0.4, -0.2) is 49.0 Å². The van der Waals surface area contributed by atoms with Crippen molar-refractivity contribution in [1.29, 1.82) is 0 Å². The van der Waals surface area contributed by atoms with Crippen LogP contribution in [-0.2, 0) is 0 Å². The van der Waals surface area contributed by atoms with Crippen LogP contribution in [0.1, 0.15) is 16.8 Å². The van der Waals surface area contributed by atoms with Crippen molar-refractivity contribution < 1.29 is 9.18 Å². The Balaban J connectivity index is 1.38. The number of pyridine rings is 1. The van der Waals surface area contributed by atoms with Gasteiger partial charge in [0.15, 0.2) is 0 Å². The molecule has 1 aliphatic rings. The maximum Gasteiger partial charge on any atom is 0.255 e. The van der Waals surface area contributed by atoms with Crippen LogP contribution in [0.3, 0.4) is 0 Å². The first kappa shape index (κ1) is 20.0. The molecule has 1 amide bonds. The molecule has 6 heteroatoms. The molecule has 30 heavy (non-hydrogen) atoms. The molecular formula is C24H25FN4O. The molecular weight excluding hydrogens is 379 g/mol. The van der Waals surface area contributed by atoms with Crippen molar-refractivity contribution in [3.05, 3.63) is 78.4 Å². The summed E-state index contributed by atoms with van der Waals surface area (Å²) < 4.78 is 13.0. The first-order chi connectivity index (χ1) is 14.5. The Bertz CT molecular complexity index is 1000. The van der Waals surface area contributed by atoms with Crippen LogP contribution in [0.2, 0.25) is 0 Å². The Labute approximate surface area is 176 Å². The van der Waals surface area contributed by atoms with Crippen LogP contribution in [0.5, 0.6) is 0 Å². The van der Waals surface area contributed by atoms with Gasteiger partial charge in [0.05, 0.1) is 0 Å². The van der Waals surface area contributed by atoms with Gasteiger partial charge in [-0.1, -0.05) is 12.1 Å². The van der Waals surface area contributed by atoms with Gasteiger partial charge in [0.25, 0.3) is 5.91 Å². The van der Waals surface area contributed by atoms with Crippen LogP contribution >= 0.6 is 0 Å². The van der Waals surface area contributed by atoms with E-state index in [2.05, 4.69) is 46.3 Å². The quantitative estimate of drug-likeness (QED) is 0.645. The van der Waals surface area contributed by atoms with Gasteiger partial charge in [0, 0.05) is 47.8 Å². The molecule has 1 atom stereocenters. The van der Waals surface area contributed by atoms with Crippen molar-refractivity contribution in [1.82, 2.24) is 9.88 Å². The van der Waals surface area contributed by atoms with Crippen molar-refractivity contribution >= 4 is 17.3 Å². The third-order valence-electron chi connectivity index (χ3n) is 5.59. The summed E-state index contributed by atoms with van der Waals surface area (Å²) in [5, 5.41) is 2.94. The molecule has 0 saturated carbocycles. The lowest BCUT2D eigenvalue weighted by atomic mass is 10.1. The molecule has 5 nitrogen and oxygen atoms in total. The van der Waals surface area contributed by atoms with Crippen LogP contribution in [0.25, 0.3) is 11.1 Å². The second kappa shape index (κ2) is 8.63. The number of halogens is 1. The number of amides is 1. The van der Waals surface area contributed by atoms with Crippen molar-refractivity contribution in [3.8, 4) is 11.1 Å². The number of anilines is 2. The predicted molar refractivity (Wildman–Crippen MR) is 118 cm³/mol. The number of likely N-dealkylation sites (N-methyl/N-ethyl adjacent to an activating group) is 1. The van der Waals surface area contributed by atoms with Crippen LogP contribution in [0.15, 0.2) is 66.9 Å². The maximum absolute atomic E-state index is 13.0. The fraction of sp³-hybridized carbons (Fsp3) is 0.250. The lowest BCUT2D eigenvalue weighted by Crippen LogP contribution is -2.31. The monoisotopic (exact) mass is 404 g/mol. The highest BCUT2D eigenvalue weighted by Crippen LogP contribution is 2.24. The molecule has 1 N–H and O–H groups in total. The minimum absolute atomic E-state index is 0.166. The third kappa shape index (κ3) is 4.49. The summed E-state index contributed by atoms with van der Waals surface area (Å²) in [6, 6.07) is 18.7. The lowest BCUT2D eigenvalue weighted by molar-refractivity contribution is 0.102. The summed E-state index contributed by atoms with van der Waals surface area (Å²) in [5.41, 5.74) is 4.18. The molecule has 1 saturated heterocycles. The SMILES string of the molecule is CN(C)C1CCN(c2ccc(NC(=O)c3ccc(-c4ccc(F)nc4)cc3)cc2)C1. The number of hydrogen-bond donors (Lipinski definition) is 1. The molecule has 1 aliphatic heterocycles. The molecule has 3 aromatic rings. The van der Waals surface area contributed by atoms with E-state index in [4.69, 9.17) is 0 Å². The number of nitrogens with zero attached hydrogens (tertiary/aromatic N) is 3. The Kier molecular flexibility index (Phi) is 5.77. The number of benzene rings is 2. The Morgan fingerprint density at radius 1 is 1.03 bits per heavy atom. The predicted octanol–water partition coefficient (Wildman–Crippen LogP) is 4.28. The van der Waals surface area contributed by atoms with Crippen molar-refractivity contribution in [2.24, 2.45) is 0 Å². The zero-order valence-corrected chi connectivity index (χ0v) is 17.2. The molecule has 2 heterocycles. The highest BCUT2D eigenvalue weighted by molar-refractivity contribution is 6.04. The second-order valence-corrected chi connectivity index (χ2v) is 7.80. The molecule has 0 bridgehead atoms. The zero-order valence-electron chi connectivity index (χ0n) is 17.2. The van der Waals surface area contributed by atoms with E-state index in [9.17, 15) is 9.18 Å². The van der Waals surface area contributed by atoms with Gasteiger partial charge in [-0.05, 0) is 74.6 Å².